The van der Waals surface area contributed by atoms with Crippen LogP contribution in [0.4, 0.5) is 0 Å². The zero-order valence-corrected chi connectivity index (χ0v) is 12.7. The standard InChI is InChI=1S/C15H32N2O/c1-5-14-7-6-9-15(12-16,10-8-14)17(3)13(2)11-18-4/h13-14H,5-12,16H2,1-4H3. The summed E-state index contributed by atoms with van der Waals surface area (Å²) in [5.74, 6) is 0.907. The molecule has 1 fully saturated rings. The molecule has 0 heterocycles. The Bertz CT molecular complexity index is 235. The highest BCUT2D eigenvalue weighted by atomic mass is 16.5. The Morgan fingerprint density at radius 1 is 1.39 bits per heavy atom. The van der Waals surface area contributed by atoms with E-state index in [2.05, 4.69) is 25.8 Å². The van der Waals surface area contributed by atoms with E-state index in [-0.39, 0.29) is 5.54 Å². The third-order valence-corrected chi connectivity index (χ3v) is 5.05. The highest BCUT2D eigenvalue weighted by Crippen LogP contribution is 2.35. The minimum Gasteiger partial charge on any atom is -0.383 e. The summed E-state index contributed by atoms with van der Waals surface area (Å²) >= 11 is 0. The molecule has 1 rings (SSSR count). The van der Waals surface area contributed by atoms with E-state index < -0.39 is 0 Å². The van der Waals surface area contributed by atoms with Crippen molar-refractivity contribution in [2.24, 2.45) is 11.7 Å². The van der Waals surface area contributed by atoms with Gasteiger partial charge in [-0.05, 0) is 39.2 Å². The summed E-state index contributed by atoms with van der Waals surface area (Å²) < 4.78 is 5.30. The van der Waals surface area contributed by atoms with Crippen LogP contribution in [-0.2, 0) is 4.74 Å². The van der Waals surface area contributed by atoms with Crippen molar-refractivity contribution in [2.45, 2.75) is 64.0 Å². The smallest absolute Gasteiger partial charge is 0.0615 e. The third kappa shape index (κ3) is 3.69. The monoisotopic (exact) mass is 256 g/mol. The Kier molecular flexibility index (Phi) is 6.61. The van der Waals surface area contributed by atoms with E-state index in [1.165, 1.54) is 38.5 Å². The van der Waals surface area contributed by atoms with Crippen molar-refractivity contribution in [2.75, 3.05) is 27.3 Å². The van der Waals surface area contributed by atoms with E-state index in [1.807, 2.05) is 0 Å². The highest BCUT2D eigenvalue weighted by molar-refractivity contribution is 4.94. The molecular weight excluding hydrogens is 224 g/mol. The van der Waals surface area contributed by atoms with E-state index >= 15 is 0 Å². The molecule has 3 nitrogen and oxygen atoms in total. The van der Waals surface area contributed by atoms with Gasteiger partial charge in [-0.1, -0.05) is 26.2 Å². The Balaban J connectivity index is 2.71. The van der Waals surface area contributed by atoms with E-state index in [0.29, 0.717) is 6.04 Å². The van der Waals surface area contributed by atoms with Gasteiger partial charge in [0.15, 0.2) is 0 Å². The normalized spacial score (nSPS) is 31.3. The van der Waals surface area contributed by atoms with Crippen LogP contribution in [0, 0.1) is 5.92 Å². The summed E-state index contributed by atoms with van der Waals surface area (Å²) in [7, 11) is 4.00. The van der Waals surface area contributed by atoms with Crippen molar-refractivity contribution in [3.63, 3.8) is 0 Å². The lowest BCUT2D eigenvalue weighted by Gasteiger charge is -2.44. The van der Waals surface area contributed by atoms with Crippen molar-refractivity contribution in [3.8, 4) is 0 Å². The minimum atomic E-state index is 0.196. The van der Waals surface area contributed by atoms with Crippen LogP contribution in [-0.4, -0.2) is 43.8 Å². The van der Waals surface area contributed by atoms with Gasteiger partial charge in [-0.25, -0.2) is 0 Å². The van der Waals surface area contributed by atoms with Gasteiger partial charge in [0.1, 0.15) is 0 Å². The van der Waals surface area contributed by atoms with Gasteiger partial charge >= 0.3 is 0 Å². The summed E-state index contributed by atoms with van der Waals surface area (Å²) in [5.41, 5.74) is 6.34. The summed E-state index contributed by atoms with van der Waals surface area (Å²) in [6.45, 7) is 6.12. The molecule has 0 aromatic rings. The van der Waals surface area contributed by atoms with Crippen molar-refractivity contribution in [1.29, 1.82) is 0 Å². The van der Waals surface area contributed by atoms with Crippen LogP contribution in [0.2, 0.25) is 0 Å². The van der Waals surface area contributed by atoms with Gasteiger partial charge < -0.3 is 10.5 Å². The molecule has 1 aliphatic carbocycles. The molecule has 0 aromatic carbocycles. The molecule has 3 heteroatoms. The summed E-state index contributed by atoms with van der Waals surface area (Å²) in [6.07, 6.45) is 7.83. The number of hydrogen-bond donors (Lipinski definition) is 1. The molecule has 0 amide bonds. The lowest BCUT2D eigenvalue weighted by molar-refractivity contribution is 0.0281. The van der Waals surface area contributed by atoms with Gasteiger partial charge in [0.2, 0.25) is 0 Å². The molecule has 1 aliphatic rings. The van der Waals surface area contributed by atoms with Crippen LogP contribution >= 0.6 is 0 Å². The minimum absolute atomic E-state index is 0.196. The molecule has 3 atom stereocenters. The number of hydrogen-bond acceptors (Lipinski definition) is 3. The third-order valence-electron chi connectivity index (χ3n) is 5.05. The van der Waals surface area contributed by atoms with Crippen molar-refractivity contribution < 1.29 is 4.74 Å². The number of nitrogens with two attached hydrogens (primary N) is 1. The SMILES string of the molecule is CCC1CCCC(CN)(N(C)C(C)COC)CC1. The van der Waals surface area contributed by atoms with Crippen LogP contribution < -0.4 is 5.73 Å². The highest BCUT2D eigenvalue weighted by Gasteiger charge is 2.37. The number of methoxy groups -OCH3 is 1. The maximum Gasteiger partial charge on any atom is 0.0615 e. The first-order valence-corrected chi connectivity index (χ1v) is 7.51. The topological polar surface area (TPSA) is 38.5 Å². The molecule has 0 radical (unpaired) electrons. The van der Waals surface area contributed by atoms with Crippen molar-refractivity contribution >= 4 is 0 Å². The first-order chi connectivity index (χ1) is 8.59. The Hall–Kier alpha value is -0.120. The first-order valence-electron chi connectivity index (χ1n) is 7.51. The predicted octanol–water partition coefficient (Wildman–Crippen LogP) is 2.64. The van der Waals surface area contributed by atoms with Crippen molar-refractivity contribution in [3.05, 3.63) is 0 Å². The van der Waals surface area contributed by atoms with Gasteiger partial charge in [-0.2, -0.15) is 0 Å². The second-order valence-electron chi connectivity index (χ2n) is 6.05. The fourth-order valence-corrected chi connectivity index (χ4v) is 3.39. The molecule has 3 unspecified atom stereocenters. The molecule has 0 spiro atoms. The summed E-state index contributed by atoms with van der Waals surface area (Å²) in [6, 6.07) is 0.441. The molecule has 0 aromatic heterocycles. The van der Waals surface area contributed by atoms with Crippen molar-refractivity contribution in [1.82, 2.24) is 4.90 Å². The van der Waals surface area contributed by atoms with Gasteiger partial charge in [0.05, 0.1) is 6.61 Å². The molecule has 108 valence electrons. The van der Waals surface area contributed by atoms with Gasteiger partial charge in [0.25, 0.3) is 0 Å². The van der Waals surface area contributed by atoms with E-state index in [0.717, 1.165) is 19.1 Å². The molecule has 0 saturated heterocycles. The lowest BCUT2D eigenvalue weighted by atomic mass is 9.86. The number of rotatable bonds is 6. The van der Waals surface area contributed by atoms with Crippen LogP contribution in [0.15, 0.2) is 0 Å². The Morgan fingerprint density at radius 3 is 2.67 bits per heavy atom. The second-order valence-corrected chi connectivity index (χ2v) is 6.05. The second kappa shape index (κ2) is 7.46. The van der Waals surface area contributed by atoms with Crippen LogP contribution in [0.5, 0.6) is 0 Å². The molecule has 0 aliphatic heterocycles. The average Bonchev–Trinajstić information content (AvgIpc) is 2.61. The van der Waals surface area contributed by atoms with Crippen LogP contribution in [0.1, 0.15) is 52.4 Å². The van der Waals surface area contributed by atoms with Crippen LogP contribution in [0.25, 0.3) is 0 Å². The fourth-order valence-electron chi connectivity index (χ4n) is 3.39. The van der Waals surface area contributed by atoms with Gasteiger partial charge in [-0.3, -0.25) is 4.90 Å². The maximum absolute atomic E-state index is 6.15. The van der Waals surface area contributed by atoms with Gasteiger partial charge in [-0.15, -0.1) is 0 Å². The van der Waals surface area contributed by atoms with E-state index in [4.69, 9.17) is 10.5 Å². The summed E-state index contributed by atoms with van der Waals surface area (Å²) in [4.78, 5) is 2.48. The Morgan fingerprint density at radius 2 is 2.11 bits per heavy atom. The quantitative estimate of drug-likeness (QED) is 0.743. The Labute approximate surface area is 113 Å². The molecule has 1 saturated carbocycles. The molecule has 0 bridgehead atoms. The van der Waals surface area contributed by atoms with E-state index in [1.54, 1.807) is 7.11 Å². The number of ether oxygens (including phenoxy) is 1. The summed E-state index contributed by atoms with van der Waals surface area (Å²) in [5, 5.41) is 0. The van der Waals surface area contributed by atoms with E-state index in [9.17, 15) is 0 Å². The molecule has 18 heavy (non-hydrogen) atoms. The maximum atomic E-state index is 6.15. The van der Waals surface area contributed by atoms with Gasteiger partial charge in [0, 0.05) is 25.2 Å². The fraction of sp³-hybridized carbons (Fsp3) is 1.00. The molecular formula is C15H32N2O. The largest absolute Gasteiger partial charge is 0.383 e. The van der Waals surface area contributed by atoms with Crippen LogP contribution in [0.3, 0.4) is 0 Å². The zero-order chi connectivity index (χ0) is 13.6. The predicted molar refractivity (Wildman–Crippen MR) is 77.8 cm³/mol. The first kappa shape index (κ1) is 15.9. The molecule has 2 N–H and O–H groups in total. The number of nitrogens with zero attached hydrogens (tertiary/aromatic N) is 1. The number of likely N-dealkylation sites (N-methyl/N-ethyl adjacent to an activating group) is 1. The lowest BCUT2D eigenvalue weighted by Crippen LogP contribution is -2.56. The average molecular weight is 256 g/mol. The zero-order valence-electron chi connectivity index (χ0n) is 12.7.